The molecule has 4 aliphatic rings. The van der Waals surface area contributed by atoms with Crippen molar-refractivity contribution in [2.75, 3.05) is 101 Å². The highest BCUT2D eigenvalue weighted by Gasteiger charge is 2.39. The van der Waals surface area contributed by atoms with E-state index in [9.17, 15) is 26.3 Å². The van der Waals surface area contributed by atoms with E-state index in [2.05, 4.69) is 49.3 Å². The van der Waals surface area contributed by atoms with Crippen LogP contribution in [0.25, 0.3) is 11.1 Å². The van der Waals surface area contributed by atoms with Crippen molar-refractivity contribution in [1.82, 2.24) is 39.5 Å². The fraction of sp³-hybridized carbons (Fsp3) is 0.444. The molecule has 2 aromatic heterocycles. The Morgan fingerprint density at radius 2 is 0.984 bits per heavy atom. The topological polar surface area (TPSA) is 88.1 Å². The van der Waals surface area contributed by atoms with Crippen molar-refractivity contribution in [2.45, 2.75) is 37.3 Å². The minimum Gasteiger partial charge on any atom is -0.354 e. The lowest BCUT2D eigenvalue weighted by molar-refractivity contribution is -0.138. The number of carbonyl (C=O) groups is 1. The molecule has 4 aliphatic heterocycles. The van der Waals surface area contributed by atoms with E-state index in [1.807, 2.05) is 24.3 Å². The molecule has 0 radical (unpaired) electrons. The molecule has 2 unspecified atom stereocenters. The van der Waals surface area contributed by atoms with Crippen LogP contribution < -0.4 is 9.80 Å². The van der Waals surface area contributed by atoms with E-state index in [0.717, 1.165) is 34.9 Å². The second-order valence-corrected chi connectivity index (χ2v) is 16.3. The second-order valence-electron chi connectivity index (χ2n) is 16.3. The van der Waals surface area contributed by atoms with Gasteiger partial charge in [-0.2, -0.15) is 26.3 Å². The zero-order chi connectivity index (χ0) is 43.3. The molecule has 2 atom stereocenters. The van der Waals surface area contributed by atoms with Gasteiger partial charge in [0.1, 0.15) is 24.3 Å². The highest BCUT2D eigenvalue weighted by molar-refractivity contribution is 5.90. The molecule has 2 aromatic carbocycles. The largest absolute Gasteiger partial charge is 0.416 e. The molecule has 62 heavy (non-hydrogen) atoms. The maximum absolute atomic E-state index is 15.5. The summed E-state index contributed by atoms with van der Waals surface area (Å²) in [7, 11) is 0. The molecule has 6 heterocycles. The first-order valence-corrected chi connectivity index (χ1v) is 21.1. The van der Waals surface area contributed by atoms with Crippen LogP contribution in [0.5, 0.6) is 0 Å². The second kappa shape index (κ2) is 19.0. The molecule has 4 aromatic rings. The van der Waals surface area contributed by atoms with Crippen LogP contribution in [0, 0.1) is 0 Å². The zero-order valence-corrected chi connectivity index (χ0v) is 34.4. The van der Waals surface area contributed by atoms with Crippen molar-refractivity contribution < 1.29 is 31.1 Å². The van der Waals surface area contributed by atoms with E-state index in [1.165, 1.54) is 36.9 Å². The number of piperazine rings is 2. The van der Waals surface area contributed by atoms with Crippen LogP contribution in [0.3, 0.4) is 0 Å². The smallest absolute Gasteiger partial charge is 0.354 e. The number of rotatable bonds is 12. The summed E-state index contributed by atoms with van der Waals surface area (Å²) in [5.74, 6) is 1.75. The lowest BCUT2D eigenvalue weighted by Crippen LogP contribution is -2.61. The lowest BCUT2D eigenvalue weighted by Gasteiger charge is -2.44. The number of aromatic nitrogens is 4. The third kappa shape index (κ3) is 10.5. The summed E-state index contributed by atoms with van der Waals surface area (Å²) < 4.78 is 81.9. The number of halogens is 6. The van der Waals surface area contributed by atoms with Crippen LogP contribution in [0.1, 0.15) is 35.1 Å². The van der Waals surface area contributed by atoms with Gasteiger partial charge in [-0.3, -0.25) is 24.4 Å². The van der Waals surface area contributed by atoms with Crippen LogP contribution in [0.15, 0.2) is 97.9 Å². The van der Waals surface area contributed by atoms with Gasteiger partial charge < -0.3 is 9.80 Å². The van der Waals surface area contributed by atoms with Gasteiger partial charge in [-0.15, -0.1) is 0 Å². The number of hydrogen-bond donors (Lipinski definition) is 0. The zero-order valence-electron chi connectivity index (χ0n) is 34.4. The Balaban J connectivity index is 1.05. The van der Waals surface area contributed by atoms with Crippen molar-refractivity contribution in [3.8, 4) is 0 Å². The number of Topliss-reactive ketones (excluding diaryl/α,β-unsaturated/α-hetero) is 1. The average Bonchev–Trinajstić information content (AvgIpc) is 3.30. The fourth-order valence-corrected chi connectivity index (χ4v) is 8.99. The summed E-state index contributed by atoms with van der Waals surface area (Å²) in [6.07, 6.45) is 2.46. The molecule has 0 bridgehead atoms. The first-order chi connectivity index (χ1) is 29.9. The number of benzene rings is 2. The van der Waals surface area contributed by atoms with Crippen LogP contribution in [0.2, 0.25) is 0 Å². The van der Waals surface area contributed by atoms with E-state index in [1.54, 1.807) is 24.5 Å². The van der Waals surface area contributed by atoms with Crippen molar-refractivity contribution in [1.29, 1.82) is 0 Å². The molecule has 2 saturated heterocycles. The summed E-state index contributed by atoms with van der Waals surface area (Å²) in [4.78, 5) is 45.8. The fourth-order valence-electron chi connectivity index (χ4n) is 8.99. The quantitative estimate of drug-likeness (QED) is 0.154. The molecule has 0 saturated carbocycles. The van der Waals surface area contributed by atoms with Gasteiger partial charge in [-0.05, 0) is 71.5 Å². The van der Waals surface area contributed by atoms with E-state index in [0.29, 0.717) is 116 Å². The van der Waals surface area contributed by atoms with Crippen molar-refractivity contribution in [3.05, 3.63) is 120 Å². The normalized spacial score (nSPS) is 20.1. The van der Waals surface area contributed by atoms with Crippen LogP contribution in [-0.4, -0.2) is 149 Å². The molecule has 328 valence electrons. The maximum Gasteiger partial charge on any atom is 0.416 e. The first-order valence-electron chi connectivity index (χ1n) is 21.1. The van der Waals surface area contributed by atoms with Gasteiger partial charge in [0, 0.05) is 104 Å². The molecule has 0 aliphatic carbocycles. The van der Waals surface area contributed by atoms with Crippen molar-refractivity contribution in [2.24, 2.45) is 0 Å². The molecule has 11 nitrogen and oxygen atoms in total. The predicted octanol–water partition coefficient (Wildman–Crippen LogP) is 6.13. The predicted molar refractivity (Wildman–Crippen MR) is 225 cm³/mol. The lowest BCUT2D eigenvalue weighted by atomic mass is 9.93. The molecule has 8 rings (SSSR count). The average molecular weight is 861 g/mol. The molecule has 17 heteroatoms. The van der Waals surface area contributed by atoms with Gasteiger partial charge in [-0.25, -0.2) is 19.9 Å². The molecule has 0 spiro atoms. The Kier molecular flexibility index (Phi) is 13.3. The molecular weight excluding hydrogens is 811 g/mol. The third-order valence-electron chi connectivity index (χ3n) is 12.5. The summed E-state index contributed by atoms with van der Waals surface area (Å²) >= 11 is 0. The Morgan fingerprint density at radius 1 is 0.565 bits per heavy atom. The Bertz CT molecular complexity index is 2040. The van der Waals surface area contributed by atoms with E-state index >= 15 is 4.79 Å². The Hall–Kier alpha value is -5.23. The van der Waals surface area contributed by atoms with Crippen molar-refractivity contribution in [3.63, 3.8) is 0 Å². The SMILES string of the molecule is O=C(C(CN1CCN(c2ccncn2)CC1)N1CC=C(c2cccc(C(F)(F)F)c2)CC1)C(CN1CCN(c2ccncn2)CC1)N1CC=C(c2cccc(C(F)(F)F)c2)CC1. The van der Waals surface area contributed by atoms with Gasteiger partial charge in [0.15, 0.2) is 5.78 Å². The molecule has 2 fully saturated rings. The van der Waals surface area contributed by atoms with Gasteiger partial charge in [-0.1, -0.05) is 36.4 Å². The summed E-state index contributed by atoms with van der Waals surface area (Å²) in [6, 6.07) is 13.5. The number of alkyl halides is 6. The summed E-state index contributed by atoms with van der Waals surface area (Å²) in [6.45, 7) is 8.39. The standard InChI is InChI=1S/C45H50F6N10O/c46-44(47,48)37-5-1-3-35(27-37)33-9-15-58(16-10-33)39(29-56-19-23-60(24-20-56)41-7-13-52-31-54-41)43(62)40(30-57-21-25-61(26-22-57)42-8-14-53-32-55-42)59-17-11-34(12-18-59)36-4-2-6-38(28-36)45(49,50)51/h1-9,11,13-14,27-28,31-32,39-40H,10,12,15-26,29-30H2. The van der Waals surface area contributed by atoms with Crippen LogP contribution >= 0.6 is 0 Å². The minimum atomic E-state index is -4.46. The maximum atomic E-state index is 15.5. The number of anilines is 2. The summed E-state index contributed by atoms with van der Waals surface area (Å²) in [5, 5.41) is 0. The Labute approximate surface area is 357 Å². The number of carbonyl (C=O) groups excluding carboxylic acids is 1. The van der Waals surface area contributed by atoms with E-state index < -0.39 is 35.6 Å². The third-order valence-corrected chi connectivity index (χ3v) is 12.5. The number of ketones is 1. The molecule has 0 N–H and O–H groups in total. The molecule has 0 amide bonds. The Morgan fingerprint density at radius 3 is 1.32 bits per heavy atom. The van der Waals surface area contributed by atoms with E-state index in [4.69, 9.17) is 0 Å². The monoisotopic (exact) mass is 860 g/mol. The van der Waals surface area contributed by atoms with Gasteiger partial charge in [0.25, 0.3) is 0 Å². The highest BCUT2D eigenvalue weighted by atomic mass is 19.4. The first kappa shape index (κ1) is 43.4. The van der Waals surface area contributed by atoms with E-state index in [-0.39, 0.29) is 5.78 Å². The highest BCUT2D eigenvalue weighted by Crippen LogP contribution is 2.35. The number of hydrogen-bond acceptors (Lipinski definition) is 11. The number of nitrogens with zero attached hydrogens (tertiary/aromatic N) is 10. The minimum absolute atomic E-state index is 0.0632. The van der Waals surface area contributed by atoms with Crippen LogP contribution in [-0.2, 0) is 17.1 Å². The van der Waals surface area contributed by atoms with Crippen LogP contribution in [0.4, 0.5) is 38.0 Å². The summed E-state index contributed by atoms with van der Waals surface area (Å²) in [5.41, 5.74) is 1.30. The van der Waals surface area contributed by atoms with Gasteiger partial charge in [0.2, 0.25) is 0 Å². The van der Waals surface area contributed by atoms with Gasteiger partial charge >= 0.3 is 12.4 Å². The van der Waals surface area contributed by atoms with Gasteiger partial charge in [0.05, 0.1) is 23.2 Å². The molecular formula is C45H50F6N10O. The van der Waals surface area contributed by atoms with Crippen molar-refractivity contribution >= 4 is 28.6 Å².